The average Bonchev–Trinajstić information content (AvgIpc) is 3.65. The molecule has 2 fully saturated rings. The van der Waals surface area contributed by atoms with Crippen molar-refractivity contribution in [3.8, 4) is 17.0 Å². The fourth-order valence-corrected chi connectivity index (χ4v) is 6.86. The number of pyridine rings is 1. The maximum absolute atomic E-state index is 15.7. The molecule has 45 heavy (non-hydrogen) atoms. The van der Waals surface area contributed by atoms with Crippen LogP contribution < -0.4 is 9.64 Å². The van der Waals surface area contributed by atoms with Gasteiger partial charge in [0, 0.05) is 37.9 Å². The van der Waals surface area contributed by atoms with Crippen molar-refractivity contribution in [1.82, 2.24) is 9.88 Å². The monoisotopic (exact) mass is 617 g/mol. The molecule has 1 aliphatic carbocycles. The number of amides is 1. The predicted molar refractivity (Wildman–Crippen MR) is 167 cm³/mol. The zero-order chi connectivity index (χ0) is 32.1. The molecule has 6 rings (SSSR count). The molecule has 1 saturated carbocycles. The summed E-state index contributed by atoms with van der Waals surface area (Å²) in [6.07, 6.45) is 0.650. The van der Waals surface area contributed by atoms with Gasteiger partial charge >= 0.3 is 12.1 Å². The second kappa shape index (κ2) is 11.6. The molecule has 3 aliphatic rings. The lowest BCUT2D eigenvalue weighted by Gasteiger charge is -2.31. The number of carbonyl (C=O) groups excluding carboxylic acids is 1. The van der Waals surface area contributed by atoms with E-state index in [-0.39, 0.29) is 24.4 Å². The van der Waals surface area contributed by atoms with Crippen molar-refractivity contribution in [1.29, 1.82) is 0 Å². The molecule has 0 unspecified atom stereocenters. The number of anilines is 1. The summed E-state index contributed by atoms with van der Waals surface area (Å²) in [6.45, 7) is 9.03. The summed E-state index contributed by atoms with van der Waals surface area (Å²) in [6, 6.07) is 14.8. The Hall–Kier alpha value is -4.18. The van der Waals surface area contributed by atoms with Gasteiger partial charge in [-0.1, -0.05) is 30.3 Å². The van der Waals surface area contributed by atoms with Crippen LogP contribution in [0.25, 0.3) is 11.3 Å². The van der Waals surface area contributed by atoms with Crippen molar-refractivity contribution in [2.45, 2.75) is 65.3 Å². The van der Waals surface area contributed by atoms with E-state index in [9.17, 15) is 14.7 Å². The topological polar surface area (TPSA) is 101 Å². The van der Waals surface area contributed by atoms with Gasteiger partial charge in [-0.2, -0.15) is 0 Å². The second-order valence-electron chi connectivity index (χ2n) is 13.3. The molecule has 10 heteroatoms. The number of rotatable bonds is 8. The van der Waals surface area contributed by atoms with Gasteiger partial charge in [-0.05, 0) is 81.3 Å². The normalized spacial score (nSPS) is 22.1. The number of aliphatic carboxylic acids is 1. The first-order chi connectivity index (χ1) is 21.4. The Labute approximate surface area is 262 Å². The van der Waals surface area contributed by atoms with Crippen molar-refractivity contribution in [3.63, 3.8) is 0 Å². The van der Waals surface area contributed by atoms with E-state index in [0.29, 0.717) is 67.5 Å². The minimum Gasteiger partial charge on any atom is -0.488 e. The van der Waals surface area contributed by atoms with Crippen LogP contribution in [-0.4, -0.2) is 65.5 Å². The number of nitrogens with zero attached hydrogens (tertiary/aromatic N) is 3. The summed E-state index contributed by atoms with van der Waals surface area (Å²) < 4.78 is 33.0. The highest BCUT2D eigenvalue weighted by molar-refractivity contribution is 5.82. The van der Waals surface area contributed by atoms with Crippen LogP contribution in [0.5, 0.6) is 5.75 Å². The van der Waals surface area contributed by atoms with E-state index < -0.39 is 23.1 Å². The molecule has 9 nitrogen and oxygen atoms in total. The summed E-state index contributed by atoms with van der Waals surface area (Å²) in [7, 11) is 1.59. The van der Waals surface area contributed by atoms with Crippen molar-refractivity contribution >= 4 is 17.9 Å². The van der Waals surface area contributed by atoms with Gasteiger partial charge in [0.25, 0.3) is 0 Å². The number of benzene rings is 2. The summed E-state index contributed by atoms with van der Waals surface area (Å²) in [5.74, 6) is 0.282. The van der Waals surface area contributed by atoms with Gasteiger partial charge in [0.1, 0.15) is 29.6 Å². The fraction of sp³-hybridized carbons (Fsp3) is 0.457. The molecule has 1 saturated heterocycles. The number of aryl methyl sites for hydroxylation is 1. The first-order valence-corrected chi connectivity index (χ1v) is 15.4. The molecule has 1 N–H and O–H groups in total. The molecule has 0 spiro atoms. The minimum absolute atomic E-state index is 0.0251. The van der Waals surface area contributed by atoms with Crippen LogP contribution in [0, 0.1) is 24.1 Å². The molecule has 2 aromatic carbocycles. The lowest BCUT2D eigenvalue weighted by atomic mass is 9.96. The van der Waals surface area contributed by atoms with Crippen molar-refractivity contribution < 1.29 is 33.3 Å². The van der Waals surface area contributed by atoms with Gasteiger partial charge in [-0.3, -0.25) is 4.79 Å². The van der Waals surface area contributed by atoms with Crippen LogP contribution in [0.4, 0.5) is 15.0 Å². The third kappa shape index (κ3) is 5.72. The maximum atomic E-state index is 15.7. The smallest absolute Gasteiger partial charge is 0.410 e. The molecule has 3 heterocycles. The Kier molecular flexibility index (Phi) is 7.97. The molecule has 238 valence electrons. The van der Waals surface area contributed by atoms with Gasteiger partial charge in [0.2, 0.25) is 0 Å². The highest BCUT2D eigenvalue weighted by Crippen LogP contribution is 2.62. The van der Waals surface area contributed by atoms with Gasteiger partial charge in [0.05, 0.1) is 23.8 Å². The third-order valence-electron chi connectivity index (χ3n) is 9.22. The van der Waals surface area contributed by atoms with Crippen LogP contribution in [0.15, 0.2) is 48.5 Å². The molecule has 3 aromatic rings. The highest BCUT2D eigenvalue weighted by Gasteiger charge is 2.71. The van der Waals surface area contributed by atoms with Crippen LogP contribution in [-0.2, 0) is 33.8 Å². The molecular weight excluding hydrogens is 577 g/mol. The van der Waals surface area contributed by atoms with Crippen molar-refractivity contribution in [3.05, 3.63) is 76.6 Å². The Morgan fingerprint density at radius 2 is 1.91 bits per heavy atom. The number of aromatic nitrogens is 1. The number of fused-ring (bicyclic) bond motifs is 2. The van der Waals surface area contributed by atoms with Crippen LogP contribution in [0.1, 0.15) is 49.4 Å². The third-order valence-corrected chi connectivity index (χ3v) is 9.22. The number of carbonyl (C=O) groups is 2. The van der Waals surface area contributed by atoms with Gasteiger partial charge in [0.15, 0.2) is 0 Å². The van der Waals surface area contributed by atoms with Gasteiger partial charge < -0.3 is 29.1 Å². The number of methoxy groups -OCH3 is 1. The van der Waals surface area contributed by atoms with E-state index >= 15 is 4.39 Å². The summed E-state index contributed by atoms with van der Waals surface area (Å²) >= 11 is 0. The molecule has 0 bridgehead atoms. The number of hydrogen-bond acceptors (Lipinski definition) is 7. The molecule has 1 amide bonds. The van der Waals surface area contributed by atoms with Crippen LogP contribution >= 0.6 is 0 Å². The fourth-order valence-electron chi connectivity index (χ4n) is 6.86. The van der Waals surface area contributed by atoms with Gasteiger partial charge in [-0.25, -0.2) is 14.2 Å². The Balaban J connectivity index is 1.21. The van der Waals surface area contributed by atoms with E-state index in [4.69, 9.17) is 19.2 Å². The summed E-state index contributed by atoms with van der Waals surface area (Å²) in [4.78, 5) is 33.4. The summed E-state index contributed by atoms with van der Waals surface area (Å²) in [5.41, 5.74) is 2.75. The predicted octanol–water partition coefficient (Wildman–Crippen LogP) is 5.99. The summed E-state index contributed by atoms with van der Waals surface area (Å²) in [5, 5.41) is 10.0. The zero-order valence-electron chi connectivity index (χ0n) is 26.4. The van der Waals surface area contributed by atoms with Crippen LogP contribution in [0.3, 0.4) is 0 Å². The number of hydrogen-bond donors (Lipinski definition) is 1. The Morgan fingerprint density at radius 3 is 2.64 bits per heavy atom. The van der Waals surface area contributed by atoms with E-state index in [0.717, 1.165) is 16.7 Å². The molecule has 2 aliphatic heterocycles. The number of halogens is 1. The maximum Gasteiger partial charge on any atom is 0.410 e. The molecule has 0 radical (unpaired) electrons. The largest absolute Gasteiger partial charge is 0.488 e. The lowest BCUT2D eigenvalue weighted by Crippen LogP contribution is -2.43. The number of carboxylic acid groups (broad SMARTS) is 1. The number of ether oxygens (including phenoxy) is 3. The molecular formula is C35H40FN3O6. The number of carboxylic acids is 1. The minimum atomic E-state index is -0.793. The van der Waals surface area contributed by atoms with E-state index in [1.807, 2.05) is 70.2 Å². The first-order valence-electron chi connectivity index (χ1n) is 15.4. The highest BCUT2D eigenvalue weighted by atomic mass is 19.1. The van der Waals surface area contributed by atoms with Crippen molar-refractivity contribution in [2.24, 2.45) is 11.3 Å². The SMILES string of the molecule is COC[C@H]1N(c2cccc(-c3cccc(C)c3OCc3ccc4c(c3F)CCN(C(=O)OC(C)(C)C)C4)n2)C[C@@H]2C[C@@]21C(=O)O. The molecule has 1 aromatic heterocycles. The number of piperidine rings is 1. The van der Waals surface area contributed by atoms with Crippen molar-refractivity contribution in [2.75, 3.05) is 31.7 Å². The van der Waals surface area contributed by atoms with E-state index in [2.05, 4.69) is 4.90 Å². The second-order valence-corrected chi connectivity index (χ2v) is 13.3. The van der Waals surface area contributed by atoms with E-state index in [1.54, 1.807) is 18.1 Å². The average molecular weight is 618 g/mol. The molecule has 3 atom stereocenters. The standard InChI is InChI=1S/C35H40FN3O6/c1-21-8-6-9-26(27-10-7-11-29(37-27)39-18-24-16-35(24,32(40)41)28(39)20-43-5)31(21)44-19-23-13-12-22-17-38(15-14-25(22)30(23)36)33(42)45-34(2,3)4/h6-13,24,28H,14-20H2,1-5H3,(H,40,41)/t24-,28+,35+/m0/s1. The van der Waals surface area contributed by atoms with E-state index in [1.165, 1.54) is 0 Å². The lowest BCUT2D eigenvalue weighted by molar-refractivity contribution is -0.144. The van der Waals surface area contributed by atoms with Gasteiger partial charge in [-0.15, -0.1) is 0 Å². The number of para-hydroxylation sites is 1. The van der Waals surface area contributed by atoms with Crippen LogP contribution in [0.2, 0.25) is 0 Å². The Bertz CT molecular complexity index is 1640. The zero-order valence-corrected chi connectivity index (χ0v) is 26.4. The quantitative estimate of drug-likeness (QED) is 0.329. The Morgan fingerprint density at radius 1 is 1.13 bits per heavy atom. The first kappa shape index (κ1) is 30.8.